The first kappa shape index (κ1) is 16.5. The van der Waals surface area contributed by atoms with Crippen molar-refractivity contribution in [1.82, 2.24) is 4.31 Å². The first-order valence-corrected chi connectivity index (χ1v) is 8.42. The van der Waals surface area contributed by atoms with Gasteiger partial charge in [-0.2, -0.15) is 4.31 Å². The number of rotatable bonds is 5. The molecular weight excluding hydrogens is 328 g/mol. The van der Waals surface area contributed by atoms with Gasteiger partial charge < -0.3 is 5.73 Å². The van der Waals surface area contributed by atoms with Crippen LogP contribution in [-0.4, -0.2) is 25.8 Å². The third-order valence-electron chi connectivity index (χ3n) is 3.07. The standard InChI is InChI=1S/C13H21BrN2O2S/c1-9(2)7-10(3)16(4)19(17,18)13-8-11(14)5-6-12(13)15/h5-6,8-10H,7,15H2,1-4H3. The summed E-state index contributed by atoms with van der Waals surface area (Å²) in [4.78, 5) is 0.153. The summed E-state index contributed by atoms with van der Waals surface area (Å²) in [5, 5.41) is 0. The molecule has 19 heavy (non-hydrogen) atoms. The fourth-order valence-corrected chi connectivity index (χ4v) is 3.98. The second kappa shape index (κ2) is 6.24. The Kier molecular flexibility index (Phi) is 5.41. The van der Waals surface area contributed by atoms with E-state index in [1.165, 1.54) is 4.31 Å². The molecule has 6 heteroatoms. The molecule has 0 heterocycles. The van der Waals surface area contributed by atoms with Crippen molar-refractivity contribution < 1.29 is 8.42 Å². The topological polar surface area (TPSA) is 63.4 Å². The lowest BCUT2D eigenvalue weighted by Crippen LogP contribution is -2.36. The molecule has 0 bridgehead atoms. The van der Waals surface area contributed by atoms with E-state index in [0.717, 1.165) is 6.42 Å². The third-order valence-corrected chi connectivity index (χ3v) is 5.59. The lowest BCUT2D eigenvalue weighted by atomic mass is 10.1. The van der Waals surface area contributed by atoms with Gasteiger partial charge in [0.1, 0.15) is 4.90 Å². The van der Waals surface area contributed by atoms with Gasteiger partial charge in [0.15, 0.2) is 0 Å². The Morgan fingerprint density at radius 1 is 1.32 bits per heavy atom. The first-order valence-electron chi connectivity index (χ1n) is 6.19. The smallest absolute Gasteiger partial charge is 0.245 e. The number of hydrogen-bond acceptors (Lipinski definition) is 3. The quantitative estimate of drug-likeness (QED) is 0.831. The van der Waals surface area contributed by atoms with E-state index in [9.17, 15) is 8.42 Å². The van der Waals surface area contributed by atoms with E-state index in [2.05, 4.69) is 29.8 Å². The zero-order valence-corrected chi connectivity index (χ0v) is 14.1. The molecule has 0 aliphatic carbocycles. The van der Waals surface area contributed by atoms with Crippen LogP contribution in [0.1, 0.15) is 27.2 Å². The van der Waals surface area contributed by atoms with E-state index in [0.29, 0.717) is 10.4 Å². The van der Waals surface area contributed by atoms with Gasteiger partial charge in [-0.3, -0.25) is 0 Å². The van der Waals surface area contributed by atoms with Gasteiger partial charge in [-0.15, -0.1) is 0 Å². The molecule has 0 radical (unpaired) electrons. The first-order chi connectivity index (χ1) is 8.66. The monoisotopic (exact) mass is 348 g/mol. The van der Waals surface area contributed by atoms with E-state index < -0.39 is 10.0 Å². The summed E-state index contributed by atoms with van der Waals surface area (Å²) in [6.45, 7) is 6.06. The molecule has 0 saturated heterocycles. The molecule has 1 aromatic rings. The maximum atomic E-state index is 12.6. The number of hydrogen-bond donors (Lipinski definition) is 1. The van der Waals surface area contributed by atoms with Crippen molar-refractivity contribution in [3.8, 4) is 0 Å². The van der Waals surface area contributed by atoms with E-state index in [4.69, 9.17) is 5.73 Å². The Morgan fingerprint density at radius 2 is 1.89 bits per heavy atom. The highest BCUT2D eigenvalue weighted by Gasteiger charge is 2.27. The van der Waals surface area contributed by atoms with Crippen molar-refractivity contribution in [2.45, 2.75) is 38.1 Å². The van der Waals surface area contributed by atoms with Crippen LogP contribution >= 0.6 is 15.9 Å². The normalized spacial score (nSPS) is 14.1. The van der Waals surface area contributed by atoms with Crippen LogP contribution in [0.3, 0.4) is 0 Å². The summed E-state index contributed by atoms with van der Waals surface area (Å²) >= 11 is 3.28. The number of nitrogens with zero attached hydrogens (tertiary/aromatic N) is 1. The van der Waals surface area contributed by atoms with Crippen LogP contribution in [-0.2, 0) is 10.0 Å². The molecule has 0 spiro atoms. The molecule has 0 amide bonds. The van der Waals surface area contributed by atoms with Crippen LogP contribution in [0.15, 0.2) is 27.6 Å². The van der Waals surface area contributed by atoms with Crippen molar-refractivity contribution in [2.24, 2.45) is 5.92 Å². The molecule has 0 saturated carbocycles. The highest BCUT2D eigenvalue weighted by Crippen LogP contribution is 2.27. The molecule has 1 aromatic carbocycles. The second-order valence-corrected chi connectivity index (χ2v) is 8.06. The molecular formula is C13H21BrN2O2S. The second-order valence-electron chi connectivity index (χ2n) is 5.18. The number of nitrogens with two attached hydrogens (primary N) is 1. The van der Waals surface area contributed by atoms with Gasteiger partial charge in [-0.05, 0) is 37.5 Å². The summed E-state index contributed by atoms with van der Waals surface area (Å²) in [5.74, 6) is 0.438. The molecule has 2 N–H and O–H groups in total. The van der Waals surface area contributed by atoms with Crippen LogP contribution in [0, 0.1) is 5.92 Å². The Hall–Kier alpha value is -0.590. The Balaban J connectivity index is 3.13. The summed E-state index contributed by atoms with van der Waals surface area (Å²) < 4.78 is 27.2. The van der Waals surface area contributed by atoms with Crippen molar-refractivity contribution in [2.75, 3.05) is 12.8 Å². The lowest BCUT2D eigenvalue weighted by molar-refractivity contribution is 0.338. The van der Waals surface area contributed by atoms with Crippen LogP contribution in [0.25, 0.3) is 0 Å². The minimum atomic E-state index is -3.56. The molecule has 0 fully saturated rings. The third kappa shape index (κ3) is 3.94. The summed E-state index contributed by atoms with van der Waals surface area (Å²) in [6, 6.07) is 4.80. The zero-order valence-electron chi connectivity index (χ0n) is 11.7. The number of nitrogen functional groups attached to an aromatic ring is 1. The van der Waals surface area contributed by atoms with Gasteiger partial charge in [0.25, 0.3) is 0 Å². The van der Waals surface area contributed by atoms with E-state index >= 15 is 0 Å². The molecule has 0 aliphatic rings. The van der Waals surface area contributed by atoms with Gasteiger partial charge in [-0.25, -0.2) is 8.42 Å². The Morgan fingerprint density at radius 3 is 2.42 bits per heavy atom. The Bertz CT molecular complexity index is 544. The van der Waals surface area contributed by atoms with Gasteiger partial charge in [0.2, 0.25) is 10.0 Å². The molecule has 108 valence electrons. The molecule has 4 nitrogen and oxygen atoms in total. The minimum Gasteiger partial charge on any atom is -0.398 e. The highest BCUT2D eigenvalue weighted by molar-refractivity contribution is 9.10. The zero-order chi connectivity index (χ0) is 14.8. The summed E-state index contributed by atoms with van der Waals surface area (Å²) in [6.07, 6.45) is 0.809. The molecule has 0 aliphatic heterocycles. The SMILES string of the molecule is CC(C)CC(C)N(C)S(=O)(=O)c1cc(Br)ccc1N. The Labute approximate surface area is 124 Å². The van der Waals surface area contributed by atoms with E-state index in [1.807, 2.05) is 6.92 Å². The van der Waals surface area contributed by atoms with Crippen LogP contribution in [0.4, 0.5) is 5.69 Å². The van der Waals surface area contributed by atoms with E-state index in [1.54, 1.807) is 25.2 Å². The number of benzene rings is 1. The minimum absolute atomic E-state index is 0.0663. The van der Waals surface area contributed by atoms with Gasteiger partial charge >= 0.3 is 0 Å². The van der Waals surface area contributed by atoms with Gasteiger partial charge in [0.05, 0.1) is 5.69 Å². The largest absolute Gasteiger partial charge is 0.398 e. The van der Waals surface area contributed by atoms with Crippen molar-refractivity contribution in [1.29, 1.82) is 0 Å². The maximum absolute atomic E-state index is 12.6. The maximum Gasteiger partial charge on any atom is 0.245 e. The average molecular weight is 349 g/mol. The molecule has 1 unspecified atom stereocenters. The average Bonchev–Trinajstić information content (AvgIpc) is 2.30. The van der Waals surface area contributed by atoms with Gasteiger partial charge in [0, 0.05) is 17.6 Å². The molecule has 1 rings (SSSR count). The highest BCUT2D eigenvalue weighted by atomic mass is 79.9. The van der Waals surface area contributed by atoms with Crippen molar-refractivity contribution >= 4 is 31.6 Å². The summed E-state index contributed by atoms with van der Waals surface area (Å²) in [5.41, 5.74) is 6.06. The molecule has 0 aromatic heterocycles. The van der Waals surface area contributed by atoms with Crippen LogP contribution in [0.2, 0.25) is 0 Å². The van der Waals surface area contributed by atoms with E-state index in [-0.39, 0.29) is 16.6 Å². The fourth-order valence-electron chi connectivity index (χ4n) is 1.95. The fraction of sp³-hybridized carbons (Fsp3) is 0.538. The number of sulfonamides is 1. The summed E-state index contributed by atoms with van der Waals surface area (Å²) in [7, 11) is -1.96. The molecule has 1 atom stereocenters. The van der Waals surface area contributed by atoms with Gasteiger partial charge in [-0.1, -0.05) is 29.8 Å². The van der Waals surface area contributed by atoms with Crippen LogP contribution < -0.4 is 5.73 Å². The predicted molar refractivity (Wildman–Crippen MR) is 82.4 cm³/mol. The lowest BCUT2D eigenvalue weighted by Gasteiger charge is -2.26. The van der Waals surface area contributed by atoms with Crippen LogP contribution in [0.5, 0.6) is 0 Å². The van der Waals surface area contributed by atoms with Crippen molar-refractivity contribution in [3.05, 3.63) is 22.7 Å². The number of halogens is 1. The number of anilines is 1. The van der Waals surface area contributed by atoms with Crippen molar-refractivity contribution in [3.63, 3.8) is 0 Å². The predicted octanol–water partition coefficient (Wildman–Crippen LogP) is 3.09.